The Labute approximate surface area is 236 Å². The molecule has 4 heteroatoms. The number of ether oxygens (including phenoxy) is 2. The molecule has 0 saturated heterocycles. The minimum atomic E-state index is -0.341. The largest absolute Gasteiger partial charge is 0.459 e. The first-order chi connectivity index (χ1) is 18.6. The second-order valence-electron chi connectivity index (χ2n) is 14.4. The molecule has 3 fully saturated rings. The predicted molar refractivity (Wildman–Crippen MR) is 156 cm³/mol. The Morgan fingerprint density at radius 2 is 1.77 bits per heavy atom. The first kappa shape index (κ1) is 28.9. The summed E-state index contributed by atoms with van der Waals surface area (Å²) in [4.78, 5) is 12.8. The minimum Gasteiger partial charge on any atom is -0.459 e. The molecule has 0 heterocycles. The van der Waals surface area contributed by atoms with Crippen molar-refractivity contribution in [3.8, 4) is 0 Å². The van der Waals surface area contributed by atoms with E-state index >= 15 is 0 Å². The summed E-state index contributed by atoms with van der Waals surface area (Å²) in [6.07, 6.45) is 10.6. The fourth-order valence-electron chi connectivity index (χ4n) is 9.53. The summed E-state index contributed by atoms with van der Waals surface area (Å²) in [6, 6.07) is 9.37. The van der Waals surface area contributed by atoms with Crippen molar-refractivity contribution in [1.29, 1.82) is 0 Å². The molecule has 2 unspecified atom stereocenters. The number of aliphatic hydroxyl groups is 1. The van der Waals surface area contributed by atoms with Crippen LogP contribution in [0.4, 0.5) is 0 Å². The number of esters is 1. The van der Waals surface area contributed by atoms with Gasteiger partial charge in [-0.15, -0.1) is 0 Å². The lowest BCUT2D eigenvalue weighted by Gasteiger charge is -2.58. The Balaban J connectivity index is 1.37. The molecule has 4 nitrogen and oxygen atoms in total. The zero-order valence-electron chi connectivity index (χ0n) is 25.2. The van der Waals surface area contributed by atoms with Crippen LogP contribution in [0.2, 0.25) is 0 Å². The average molecular weight is 537 g/mol. The third-order valence-electron chi connectivity index (χ3n) is 11.7. The molecular formula is C35H52O4. The summed E-state index contributed by atoms with van der Waals surface area (Å²) in [5.74, 6) is 2.61. The summed E-state index contributed by atoms with van der Waals surface area (Å²) in [6.45, 7) is 12.0. The molecule has 1 aromatic rings. The molecule has 0 amide bonds. The lowest BCUT2D eigenvalue weighted by molar-refractivity contribution is -0.0798. The van der Waals surface area contributed by atoms with Gasteiger partial charge in [-0.25, -0.2) is 4.79 Å². The molecule has 1 aromatic carbocycles. The normalized spacial score (nSPS) is 38.7. The highest BCUT2D eigenvalue weighted by molar-refractivity contribution is 5.89. The number of fused-ring (bicyclic) bond motifs is 4. The third kappa shape index (κ3) is 5.25. The maximum atomic E-state index is 12.8. The highest BCUT2D eigenvalue weighted by atomic mass is 16.5. The van der Waals surface area contributed by atoms with E-state index in [0.29, 0.717) is 29.2 Å². The summed E-state index contributed by atoms with van der Waals surface area (Å²) in [5.41, 5.74) is 3.67. The van der Waals surface area contributed by atoms with Crippen LogP contribution in [0, 0.1) is 40.4 Å². The standard InChI is InChI=1S/C35H52O4/c1-22(2)11-10-12-23(3)28-21-29(36)32-31-27(16-18-35(28,32)5)34(4)17-15-26(19-25(34)20-30(31)38-6)39-33(37)24-13-8-7-9-14-24/h7-9,13-14,22-23,25-30,36H,10-12,15-21H2,1-6H3/t23-,25?,26+,27+,28-,29+,30?,34+,35-/m1/s1. The Bertz CT molecular complexity index is 1050. The van der Waals surface area contributed by atoms with Crippen LogP contribution in [0.3, 0.4) is 0 Å². The lowest BCUT2D eigenvalue weighted by atomic mass is 9.48. The van der Waals surface area contributed by atoms with E-state index in [1.54, 1.807) is 0 Å². The number of carbonyl (C=O) groups is 1. The van der Waals surface area contributed by atoms with E-state index in [1.807, 2.05) is 37.4 Å². The Morgan fingerprint density at radius 3 is 2.46 bits per heavy atom. The first-order valence-corrected chi connectivity index (χ1v) is 15.8. The fraction of sp³-hybridized carbons (Fsp3) is 0.743. The van der Waals surface area contributed by atoms with E-state index in [2.05, 4.69) is 34.6 Å². The molecule has 4 aliphatic rings. The molecule has 5 rings (SSSR count). The molecule has 0 radical (unpaired) electrons. The first-order valence-electron chi connectivity index (χ1n) is 15.8. The summed E-state index contributed by atoms with van der Waals surface area (Å²) in [7, 11) is 1.85. The monoisotopic (exact) mass is 536 g/mol. The van der Waals surface area contributed by atoms with E-state index < -0.39 is 0 Å². The second kappa shape index (κ2) is 11.3. The van der Waals surface area contributed by atoms with Crippen LogP contribution in [0.25, 0.3) is 0 Å². The molecule has 216 valence electrons. The molecule has 39 heavy (non-hydrogen) atoms. The van der Waals surface area contributed by atoms with Gasteiger partial charge in [0.05, 0.1) is 17.8 Å². The van der Waals surface area contributed by atoms with Crippen molar-refractivity contribution in [3.63, 3.8) is 0 Å². The third-order valence-corrected chi connectivity index (χ3v) is 11.7. The number of methoxy groups -OCH3 is 1. The molecule has 0 bridgehead atoms. The molecule has 0 spiro atoms. The van der Waals surface area contributed by atoms with Crippen molar-refractivity contribution in [3.05, 3.63) is 47.0 Å². The number of hydrogen-bond donors (Lipinski definition) is 1. The van der Waals surface area contributed by atoms with Gasteiger partial charge in [0.1, 0.15) is 6.10 Å². The van der Waals surface area contributed by atoms with Crippen LogP contribution in [-0.4, -0.2) is 36.5 Å². The van der Waals surface area contributed by atoms with Gasteiger partial charge in [-0.3, -0.25) is 0 Å². The Morgan fingerprint density at radius 1 is 1.03 bits per heavy atom. The van der Waals surface area contributed by atoms with E-state index in [0.717, 1.165) is 44.4 Å². The van der Waals surface area contributed by atoms with Crippen molar-refractivity contribution in [2.24, 2.45) is 40.4 Å². The SMILES string of the molecule is COC1CC2C[C@@H](OC(=O)c3ccccc3)CC[C@]2(C)[C@H]2CC[C@@]3(C)C(=C12)[C@@H](O)C[C@@H]3[C@H](C)CCCC(C)C. The van der Waals surface area contributed by atoms with E-state index in [4.69, 9.17) is 9.47 Å². The summed E-state index contributed by atoms with van der Waals surface area (Å²) >= 11 is 0. The van der Waals surface area contributed by atoms with Gasteiger partial charge in [0, 0.05) is 7.11 Å². The van der Waals surface area contributed by atoms with Gasteiger partial charge >= 0.3 is 5.97 Å². The maximum Gasteiger partial charge on any atom is 0.338 e. The van der Waals surface area contributed by atoms with Crippen LogP contribution in [0.1, 0.15) is 109 Å². The molecule has 0 aliphatic heterocycles. The van der Waals surface area contributed by atoms with Gasteiger partial charge in [-0.1, -0.05) is 72.1 Å². The van der Waals surface area contributed by atoms with Crippen LogP contribution in [0.5, 0.6) is 0 Å². The molecule has 3 saturated carbocycles. The van der Waals surface area contributed by atoms with Gasteiger partial charge in [0.15, 0.2) is 0 Å². The fourth-order valence-corrected chi connectivity index (χ4v) is 9.53. The van der Waals surface area contributed by atoms with Gasteiger partial charge in [0.25, 0.3) is 0 Å². The van der Waals surface area contributed by atoms with Crippen LogP contribution < -0.4 is 0 Å². The van der Waals surface area contributed by atoms with Crippen molar-refractivity contribution in [2.45, 2.75) is 117 Å². The van der Waals surface area contributed by atoms with E-state index in [-0.39, 0.29) is 35.1 Å². The average Bonchev–Trinajstić information content (AvgIpc) is 3.19. The van der Waals surface area contributed by atoms with E-state index in [9.17, 15) is 9.90 Å². The number of benzene rings is 1. The lowest BCUT2D eigenvalue weighted by Crippen LogP contribution is -2.53. The van der Waals surface area contributed by atoms with Gasteiger partial charge < -0.3 is 14.6 Å². The smallest absolute Gasteiger partial charge is 0.338 e. The van der Waals surface area contributed by atoms with Crippen molar-refractivity contribution < 1.29 is 19.4 Å². The Kier molecular flexibility index (Phi) is 8.38. The number of hydrogen-bond acceptors (Lipinski definition) is 4. The van der Waals surface area contributed by atoms with Crippen LogP contribution >= 0.6 is 0 Å². The highest BCUT2D eigenvalue weighted by Crippen LogP contribution is 2.66. The number of aliphatic hydroxyl groups excluding tert-OH is 1. The topological polar surface area (TPSA) is 55.8 Å². The maximum absolute atomic E-state index is 12.8. The van der Waals surface area contributed by atoms with Crippen molar-refractivity contribution in [2.75, 3.05) is 7.11 Å². The molecule has 0 aromatic heterocycles. The molecule has 4 aliphatic carbocycles. The summed E-state index contributed by atoms with van der Waals surface area (Å²) in [5, 5.41) is 11.6. The quantitative estimate of drug-likeness (QED) is 0.270. The van der Waals surface area contributed by atoms with Crippen LogP contribution in [-0.2, 0) is 9.47 Å². The highest BCUT2D eigenvalue weighted by Gasteiger charge is 2.60. The molecular weight excluding hydrogens is 484 g/mol. The number of carbonyl (C=O) groups excluding carboxylic acids is 1. The zero-order chi connectivity index (χ0) is 27.9. The van der Waals surface area contributed by atoms with Gasteiger partial charge in [-0.05, 0) is 109 Å². The van der Waals surface area contributed by atoms with Crippen LogP contribution in [0.15, 0.2) is 41.5 Å². The number of rotatable bonds is 8. The summed E-state index contributed by atoms with van der Waals surface area (Å²) < 4.78 is 12.3. The second-order valence-corrected chi connectivity index (χ2v) is 14.4. The minimum absolute atomic E-state index is 0.0375. The zero-order valence-corrected chi connectivity index (χ0v) is 25.2. The van der Waals surface area contributed by atoms with Gasteiger partial charge in [0.2, 0.25) is 0 Å². The van der Waals surface area contributed by atoms with Crippen molar-refractivity contribution >= 4 is 5.97 Å². The van der Waals surface area contributed by atoms with E-state index in [1.165, 1.54) is 36.8 Å². The molecule has 9 atom stereocenters. The van der Waals surface area contributed by atoms with Crippen molar-refractivity contribution in [1.82, 2.24) is 0 Å². The molecule has 1 N–H and O–H groups in total. The predicted octanol–water partition coefficient (Wildman–Crippen LogP) is 7.99. The van der Waals surface area contributed by atoms with Gasteiger partial charge in [-0.2, -0.15) is 0 Å². The Hall–Kier alpha value is -1.65.